The highest BCUT2D eigenvalue weighted by Gasteiger charge is 2.05. The van der Waals surface area contributed by atoms with Crippen molar-refractivity contribution in [3.63, 3.8) is 0 Å². The number of hydrogen-bond donors (Lipinski definition) is 1. The van der Waals surface area contributed by atoms with E-state index in [1.54, 1.807) is 49.1 Å². The van der Waals surface area contributed by atoms with Crippen LogP contribution in [0.4, 0.5) is 4.39 Å². The van der Waals surface area contributed by atoms with Gasteiger partial charge in [0.15, 0.2) is 11.5 Å². The van der Waals surface area contributed by atoms with E-state index in [-0.39, 0.29) is 18.3 Å². The fourth-order valence-corrected chi connectivity index (χ4v) is 2.47. The SMILES string of the molecule is COc1ccc(/C=C/C(=O)NCc2cn3cc(F)ccc3n2)cc1OC. The number of imidazole rings is 1. The van der Waals surface area contributed by atoms with Gasteiger partial charge >= 0.3 is 0 Å². The molecule has 6 nitrogen and oxygen atoms in total. The Labute approximate surface area is 149 Å². The lowest BCUT2D eigenvalue weighted by molar-refractivity contribution is -0.116. The Morgan fingerprint density at radius 2 is 2.00 bits per heavy atom. The smallest absolute Gasteiger partial charge is 0.244 e. The molecule has 0 aliphatic rings. The first-order valence-electron chi connectivity index (χ1n) is 7.90. The molecule has 7 heteroatoms. The minimum Gasteiger partial charge on any atom is -0.493 e. The van der Waals surface area contributed by atoms with Gasteiger partial charge in [-0.15, -0.1) is 0 Å². The highest BCUT2D eigenvalue weighted by atomic mass is 19.1. The number of rotatable bonds is 6. The van der Waals surface area contributed by atoms with Gasteiger partial charge in [0.05, 0.1) is 26.5 Å². The number of amides is 1. The van der Waals surface area contributed by atoms with E-state index in [0.29, 0.717) is 22.8 Å². The molecule has 2 heterocycles. The van der Waals surface area contributed by atoms with E-state index in [4.69, 9.17) is 9.47 Å². The molecule has 26 heavy (non-hydrogen) atoms. The van der Waals surface area contributed by atoms with Crippen molar-refractivity contribution in [3.8, 4) is 11.5 Å². The van der Waals surface area contributed by atoms with Crippen LogP contribution in [-0.4, -0.2) is 29.5 Å². The first kappa shape index (κ1) is 17.5. The molecule has 0 saturated heterocycles. The minimum absolute atomic E-state index is 0.248. The molecule has 0 radical (unpaired) electrons. The van der Waals surface area contributed by atoms with Crippen LogP contribution >= 0.6 is 0 Å². The number of carbonyl (C=O) groups excluding carboxylic acids is 1. The van der Waals surface area contributed by atoms with Crippen molar-refractivity contribution in [3.05, 3.63) is 65.9 Å². The number of halogens is 1. The third-order valence-electron chi connectivity index (χ3n) is 3.74. The van der Waals surface area contributed by atoms with Crippen molar-refractivity contribution < 1.29 is 18.7 Å². The standard InChI is InChI=1S/C19H18FN3O3/c1-25-16-6-3-13(9-17(16)26-2)4-8-19(24)21-10-15-12-23-11-14(20)5-7-18(23)22-15/h3-9,11-12H,10H2,1-2H3,(H,21,24)/b8-4+. The summed E-state index contributed by atoms with van der Waals surface area (Å²) in [5.74, 6) is 0.607. The van der Waals surface area contributed by atoms with E-state index in [1.807, 2.05) is 6.07 Å². The molecule has 1 aromatic carbocycles. The molecular formula is C19H18FN3O3. The van der Waals surface area contributed by atoms with E-state index in [9.17, 15) is 9.18 Å². The van der Waals surface area contributed by atoms with E-state index >= 15 is 0 Å². The quantitative estimate of drug-likeness (QED) is 0.691. The fraction of sp³-hybridized carbons (Fsp3) is 0.158. The average molecular weight is 355 g/mol. The number of fused-ring (bicyclic) bond motifs is 1. The first-order valence-corrected chi connectivity index (χ1v) is 7.90. The fourth-order valence-electron chi connectivity index (χ4n) is 2.47. The molecule has 3 aromatic rings. The van der Waals surface area contributed by atoms with E-state index < -0.39 is 0 Å². The molecule has 0 bridgehead atoms. The zero-order valence-corrected chi connectivity index (χ0v) is 14.4. The number of methoxy groups -OCH3 is 2. The third kappa shape index (κ3) is 4.00. The molecule has 0 aliphatic heterocycles. The largest absolute Gasteiger partial charge is 0.493 e. The molecule has 0 aliphatic carbocycles. The van der Waals surface area contributed by atoms with Crippen molar-refractivity contribution in [2.75, 3.05) is 14.2 Å². The highest BCUT2D eigenvalue weighted by molar-refractivity contribution is 5.91. The topological polar surface area (TPSA) is 64.9 Å². The third-order valence-corrected chi connectivity index (χ3v) is 3.74. The van der Waals surface area contributed by atoms with Gasteiger partial charge in [0.1, 0.15) is 11.5 Å². The number of ether oxygens (including phenoxy) is 2. The van der Waals surface area contributed by atoms with Gasteiger partial charge in [-0.3, -0.25) is 4.79 Å². The van der Waals surface area contributed by atoms with Gasteiger partial charge in [0, 0.05) is 18.5 Å². The number of benzene rings is 1. The molecule has 2 aromatic heterocycles. The summed E-state index contributed by atoms with van der Waals surface area (Å²) >= 11 is 0. The number of hydrogen-bond acceptors (Lipinski definition) is 4. The second kappa shape index (κ2) is 7.69. The number of aromatic nitrogens is 2. The maximum absolute atomic E-state index is 13.2. The monoisotopic (exact) mass is 355 g/mol. The summed E-state index contributed by atoms with van der Waals surface area (Å²) in [4.78, 5) is 16.3. The van der Waals surface area contributed by atoms with Gasteiger partial charge in [-0.05, 0) is 35.9 Å². The zero-order chi connectivity index (χ0) is 18.5. The lowest BCUT2D eigenvalue weighted by Gasteiger charge is -2.07. The molecule has 3 rings (SSSR count). The predicted octanol–water partition coefficient (Wildman–Crippen LogP) is 2.82. The van der Waals surface area contributed by atoms with Crippen LogP contribution in [-0.2, 0) is 11.3 Å². The van der Waals surface area contributed by atoms with Crippen molar-refractivity contribution in [2.24, 2.45) is 0 Å². The van der Waals surface area contributed by atoms with Gasteiger partial charge in [-0.2, -0.15) is 0 Å². The molecule has 0 atom stereocenters. The van der Waals surface area contributed by atoms with E-state index in [0.717, 1.165) is 5.56 Å². The van der Waals surface area contributed by atoms with Gasteiger partial charge in [-0.25, -0.2) is 9.37 Å². The van der Waals surface area contributed by atoms with Gasteiger partial charge < -0.3 is 19.2 Å². The molecule has 0 saturated carbocycles. The molecule has 0 spiro atoms. The maximum atomic E-state index is 13.2. The summed E-state index contributed by atoms with van der Waals surface area (Å²) in [5, 5.41) is 2.74. The Morgan fingerprint density at radius 3 is 2.77 bits per heavy atom. The lowest BCUT2D eigenvalue weighted by Crippen LogP contribution is -2.20. The van der Waals surface area contributed by atoms with Crippen LogP contribution in [0.15, 0.2) is 48.8 Å². The van der Waals surface area contributed by atoms with Crippen molar-refractivity contribution in [1.29, 1.82) is 0 Å². The normalized spacial score (nSPS) is 11.0. The van der Waals surface area contributed by atoms with Gasteiger partial charge in [0.25, 0.3) is 0 Å². The Kier molecular flexibility index (Phi) is 5.17. The summed E-state index contributed by atoms with van der Waals surface area (Å²) in [7, 11) is 3.12. The summed E-state index contributed by atoms with van der Waals surface area (Å²) < 4.78 is 25.2. The zero-order valence-electron chi connectivity index (χ0n) is 14.4. The first-order chi connectivity index (χ1) is 12.6. The van der Waals surface area contributed by atoms with Crippen molar-refractivity contribution in [1.82, 2.24) is 14.7 Å². The average Bonchev–Trinajstić information content (AvgIpc) is 3.06. The summed E-state index contributed by atoms with van der Waals surface area (Å²) in [6.07, 6.45) is 6.12. The van der Waals surface area contributed by atoms with E-state index in [2.05, 4.69) is 10.3 Å². The molecule has 0 unspecified atom stereocenters. The summed E-state index contributed by atoms with van der Waals surface area (Å²) in [5.41, 5.74) is 2.07. The van der Waals surface area contributed by atoms with Crippen LogP contribution in [0.25, 0.3) is 11.7 Å². The Morgan fingerprint density at radius 1 is 1.19 bits per heavy atom. The molecule has 134 valence electrons. The Hall–Kier alpha value is -3.35. The molecule has 1 amide bonds. The Balaban J connectivity index is 1.62. The van der Waals surface area contributed by atoms with Crippen LogP contribution in [0, 0.1) is 5.82 Å². The van der Waals surface area contributed by atoms with Crippen LogP contribution in [0.1, 0.15) is 11.3 Å². The van der Waals surface area contributed by atoms with Crippen LogP contribution in [0.5, 0.6) is 11.5 Å². The molecule has 1 N–H and O–H groups in total. The number of carbonyl (C=O) groups is 1. The number of pyridine rings is 1. The molecular weight excluding hydrogens is 337 g/mol. The Bertz CT molecular complexity index is 966. The van der Waals surface area contributed by atoms with Gasteiger partial charge in [-0.1, -0.05) is 6.07 Å². The van der Waals surface area contributed by atoms with E-state index in [1.165, 1.54) is 18.3 Å². The van der Waals surface area contributed by atoms with Gasteiger partial charge in [0.2, 0.25) is 5.91 Å². The summed E-state index contributed by atoms with van der Waals surface area (Å²) in [6, 6.07) is 8.29. The van der Waals surface area contributed by atoms with Crippen molar-refractivity contribution >= 4 is 17.6 Å². The predicted molar refractivity (Wildman–Crippen MR) is 95.6 cm³/mol. The minimum atomic E-state index is -0.344. The number of nitrogens with zero attached hydrogens (tertiary/aromatic N) is 2. The number of nitrogens with one attached hydrogen (secondary N) is 1. The maximum Gasteiger partial charge on any atom is 0.244 e. The van der Waals surface area contributed by atoms with Crippen LogP contribution in [0.2, 0.25) is 0 Å². The molecule has 0 fully saturated rings. The second-order valence-electron chi connectivity index (χ2n) is 5.51. The van der Waals surface area contributed by atoms with Crippen LogP contribution < -0.4 is 14.8 Å². The van der Waals surface area contributed by atoms with Crippen molar-refractivity contribution in [2.45, 2.75) is 6.54 Å². The van der Waals surface area contributed by atoms with Crippen LogP contribution in [0.3, 0.4) is 0 Å². The summed E-state index contributed by atoms with van der Waals surface area (Å²) in [6.45, 7) is 0.248. The second-order valence-corrected chi connectivity index (χ2v) is 5.51. The highest BCUT2D eigenvalue weighted by Crippen LogP contribution is 2.27. The lowest BCUT2D eigenvalue weighted by atomic mass is 10.2.